The van der Waals surface area contributed by atoms with E-state index in [0.717, 1.165) is 37.9 Å². The summed E-state index contributed by atoms with van der Waals surface area (Å²) in [5.74, 6) is 1.65. The molecule has 0 amide bonds. The van der Waals surface area contributed by atoms with Crippen molar-refractivity contribution in [2.24, 2.45) is 5.92 Å². The van der Waals surface area contributed by atoms with Gasteiger partial charge in [0.15, 0.2) is 21.3 Å². The maximum absolute atomic E-state index is 12.0. The number of hydrogen-bond acceptors (Lipinski definition) is 5. The molecule has 5 nitrogen and oxygen atoms in total. The topological polar surface area (TPSA) is 64.6 Å². The summed E-state index contributed by atoms with van der Waals surface area (Å²) in [7, 11) is -3.26. The summed E-state index contributed by atoms with van der Waals surface area (Å²) >= 11 is 0. The van der Waals surface area contributed by atoms with Gasteiger partial charge in [0.05, 0.1) is 4.90 Å². The normalized spacial score (nSPS) is 21.9. The van der Waals surface area contributed by atoms with Crippen molar-refractivity contribution in [2.45, 2.75) is 24.2 Å². The van der Waals surface area contributed by atoms with Crippen LogP contribution in [0.25, 0.3) is 0 Å². The van der Waals surface area contributed by atoms with Crippen LogP contribution in [0.1, 0.15) is 18.4 Å². The number of hydrogen-bond donors (Lipinski definition) is 1. The lowest BCUT2D eigenvalue weighted by Crippen LogP contribution is -2.31. The zero-order valence-electron chi connectivity index (χ0n) is 11.5. The largest absolute Gasteiger partial charge is 0.454 e. The van der Waals surface area contributed by atoms with Gasteiger partial charge in [-0.05, 0) is 49.9 Å². The van der Waals surface area contributed by atoms with Crippen molar-refractivity contribution in [3.05, 3.63) is 17.7 Å². The lowest BCUT2D eigenvalue weighted by atomic mass is 9.92. The Labute approximate surface area is 119 Å². The highest BCUT2D eigenvalue weighted by Gasteiger charge is 2.24. The highest BCUT2D eigenvalue weighted by Crippen LogP contribution is 2.37. The molecule has 3 rings (SSSR count). The van der Waals surface area contributed by atoms with Crippen molar-refractivity contribution in [2.75, 3.05) is 26.1 Å². The van der Waals surface area contributed by atoms with E-state index in [1.165, 1.54) is 6.26 Å². The summed E-state index contributed by atoms with van der Waals surface area (Å²) in [5.41, 5.74) is 0.838. The lowest BCUT2D eigenvalue weighted by Gasteiger charge is -2.23. The van der Waals surface area contributed by atoms with Gasteiger partial charge in [0.2, 0.25) is 6.79 Å². The lowest BCUT2D eigenvalue weighted by molar-refractivity contribution is 0.174. The molecule has 1 N–H and O–H groups in total. The molecule has 110 valence electrons. The predicted molar refractivity (Wildman–Crippen MR) is 75.0 cm³/mol. The number of piperidine rings is 1. The third-order valence-electron chi connectivity index (χ3n) is 3.86. The summed E-state index contributed by atoms with van der Waals surface area (Å²) in [4.78, 5) is 0.368. The van der Waals surface area contributed by atoms with E-state index in [4.69, 9.17) is 9.47 Å². The first-order chi connectivity index (χ1) is 9.54. The smallest absolute Gasteiger partial charge is 0.231 e. The van der Waals surface area contributed by atoms with Gasteiger partial charge >= 0.3 is 0 Å². The maximum Gasteiger partial charge on any atom is 0.231 e. The summed E-state index contributed by atoms with van der Waals surface area (Å²) in [5, 5.41) is 3.36. The van der Waals surface area contributed by atoms with Gasteiger partial charge in [-0.3, -0.25) is 0 Å². The molecule has 1 aromatic carbocycles. The molecule has 2 heterocycles. The first-order valence-corrected chi connectivity index (χ1v) is 8.76. The van der Waals surface area contributed by atoms with Crippen LogP contribution >= 0.6 is 0 Å². The van der Waals surface area contributed by atoms with E-state index >= 15 is 0 Å². The van der Waals surface area contributed by atoms with Crippen LogP contribution in [0.5, 0.6) is 11.5 Å². The molecule has 20 heavy (non-hydrogen) atoms. The van der Waals surface area contributed by atoms with Crippen LogP contribution in [0.3, 0.4) is 0 Å². The highest BCUT2D eigenvalue weighted by atomic mass is 32.2. The second-order valence-electron chi connectivity index (χ2n) is 5.50. The second-order valence-corrected chi connectivity index (χ2v) is 7.49. The molecule has 0 saturated carbocycles. The van der Waals surface area contributed by atoms with Crippen molar-refractivity contribution in [1.82, 2.24) is 5.32 Å². The molecule has 2 aliphatic heterocycles. The van der Waals surface area contributed by atoms with Crippen molar-refractivity contribution < 1.29 is 17.9 Å². The first-order valence-electron chi connectivity index (χ1n) is 6.87. The van der Waals surface area contributed by atoms with Crippen molar-refractivity contribution in [3.63, 3.8) is 0 Å². The van der Waals surface area contributed by atoms with Crippen molar-refractivity contribution in [3.8, 4) is 11.5 Å². The fourth-order valence-corrected chi connectivity index (χ4v) is 3.82. The number of benzene rings is 1. The quantitative estimate of drug-likeness (QED) is 0.912. The monoisotopic (exact) mass is 297 g/mol. The van der Waals surface area contributed by atoms with E-state index in [1.54, 1.807) is 6.07 Å². The minimum Gasteiger partial charge on any atom is -0.454 e. The average Bonchev–Trinajstić information content (AvgIpc) is 2.85. The Hall–Kier alpha value is -1.27. The Morgan fingerprint density at radius 1 is 1.30 bits per heavy atom. The zero-order chi connectivity index (χ0) is 14.2. The van der Waals surface area contributed by atoms with Gasteiger partial charge in [0.1, 0.15) is 0 Å². The molecule has 1 fully saturated rings. The second kappa shape index (κ2) is 5.26. The fraction of sp³-hybridized carbons (Fsp3) is 0.571. The molecule has 1 atom stereocenters. The molecule has 0 radical (unpaired) electrons. The zero-order valence-corrected chi connectivity index (χ0v) is 12.3. The molecule has 0 bridgehead atoms. The van der Waals surface area contributed by atoms with Crippen LogP contribution in [0, 0.1) is 5.92 Å². The Kier molecular flexibility index (Phi) is 3.60. The van der Waals surface area contributed by atoms with E-state index in [9.17, 15) is 8.42 Å². The van der Waals surface area contributed by atoms with Crippen LogP contribution in [0.2, 0.25) is 0 Å². The third-order valence-corrected chi connectivity index (χ3v) is 5.04. The maximum atomic E-state index is 12.0. The molecule has 0 aliphatic carbocycles. The van der Waals surface area contributed by atoms with Crippen molar-refractivity contribution in [1.29, 1.82) is 0 Å². The van der Waals surface area contributed by atoms with E-state index in [-0.39, 0.29) is 6.79 Å². The molecular formula is C14H19NO4S. The standard InChI is InChI=1S/C14H19NO4S/c1-20(16,17)14-7-13-12(18-9-19-13)6-11(14)5-10-3-2-4-15-8-10/h6-7,10,15H,2-5,8-9H2,1H3. The van der Waals surface area contributed by atoms with E-state index in [2.05, 4.69) is 5.32 Å². The van der Waals surface area contributed by atoms with E-state index in [1.807, 2.05) is 6.07 Å². The Morgan fingerprint density at radius 3 is 2.70 bits per heavy atom. The Bertz CT molecular complexity index is 606. The predicted octanol–water partition coefficient (Wildman–Crippen LogP) is 1.36. The minimum absolute atomic E-state index is 0.160. The van der Waals surface area contributed by atoms with E-state index < -0.39 is 9.84 Å². The van der Waals surface area contributed by atoms with Crippen LogP contribution in [-0.4, -0.2) is 34.6 Å². The minimum atomic E-state index is -3.26. The van der Waals surface area contributed by atoms with Gasteiger partial charge in [-0.15, -0.1) is 0 Å². The number of rotatable bonds is 3. The third kappa shape index (κ3) is 2.76. The molecule has 2 aliphatic rings. The van der Waals surface area contributed by atoms with Crippen molar-refractivity contribution >= 4 is 9.84 Å². The molecule has 1 unspecified atom stereocenters. The van der Waals surface area contributed by atoms with Crippen LogP contribution in [0.15, 0.2) is 17.0 Å². The molecule has 6 heteroatoms. The van der Waals surface area contributed by atoms with Gasteiger partial charge < -0.3 is 14.8 Å². The first kappa shape index (κ1) is 13.7. The number of nitrogens with one attached hydrogen (secondary N) is 1. The fourth-order valence-electron chi connectivity index (χ4n) is 2.88. The summed E-state index contributed by atoms with van der Waals surface area (Å²) < 4.78 is 34.6. The van der Waals surface area contributed by atoms with Gasteiger partial charge in [0, 0.05) is 12.3 Å². The van der Waals surface area contributed by atoms with Gasteiger partial charge in [-0.2, -0.15) is 0 Å². The SMILES string of the molecule is CS(=O)(=O)c1cc2c(cc1CC1CCCNC1)OCO2. The van der Waals surface area contributed by atoms with E-state index in [0.29, 0.717) is 22.3 Å². The molecule has 0 spiro atoms. The van der Waals surface area contributed by atoms with Gasteiger partial charge in [-0.25, -0.2) is 8.42 Å². The molecular weight excluding hydrogens is 278 g/mol. The summed E-state index contributed by atoms with van der Waals surface area (Å²) in [6.45, 7) is 2.15. The van der Waals surface area contributed by atoms with Gasteiger partial charge in [-0.1, -0.05) is 0 Å². The number of ether oxygens (including phenoxy) is 2. The highest BCUT2D eigenvalue weighted by molar-refractivity contribution is 7.90. The Morgan fingerprint density at radius 2 is 2.05 bits per heavy atom. The summed E-state index contributed by atoms with van der Waals surface area (Å²) in [6.07, 6.45) is 4.27. The van der Waals surface area contributed by atoms with Crippen LogP contribution in [0.4, 0.5) is 0 Å². The van der Waals surface area contributed by atoms with Gasteiger partial charge in [0.25, 0.3) is 0 Å². The van der Waals surface area contributed by atoms with Crippen LogP contribution in [-0.2, 0) is 16.3 Å². The molecule has 1 saturated heterocycles. The summed E-state index contributed by atoms with van der Waals surface area (Å²) in [6, 6.07) is 3.43. The average molecular weight is 297 g/mol. The number of sulfone groups is 1. The molecule has 1 aromatic rings. The number of fused-ring (bicyclic) bond motifs is 1. The molecule has 0 aromatic heterocycles. The Balaban J connectivity index is 1.95. The van der Waals surface area contributed by atoms with Crippen LogP contribution < -0.4 is 14.8 Å².